The number of aliphatic hydroxyl groups is 1. The molecule has 0 aliphatic carbocycles. The topological polar surface area (TPSA) is 29.5 Å². The van der Waals surface area contributed by atoms with Gasteiger partial charge in [-0.15, -0.1) is 0 Å². The molecule has 78 valence electrons. The number of halogens is 3. The molecule has 5 heteroatoms. The van der Waals surface area contributed by atoms with E-state index in [9.17, 15) is 4.39 Å². The van der Waals surface area contributed by atoms with Gasteiger partial charge in [0.25, 0.3) is 0 Å². The summed E-state index contributed by atoms with van der Waals surface area (Å²) in [5, 5.41) is 9.00. The Morgan fingerprint density at radius 1 is 1.64 bits per heavy atom. The van der Waals surface area contributed by atoms with Crippen molar-refractivity contribution < 1.29 is 14.2 Å². The van der Waals surface area contributed by atoms with Gasteiger partial charge in [-0.3, -0.25) is 0 Å². The molecule has 0 aliphatic rings. The summed E-state index contributed by atoms with van der Waals surface area (Å²) in [6.45, 7) is 1.69. The van der Waals surface area contributed by atoms with Gasteiger partial charge in [0, 0.05) is 6.07 Å². The van der Waals surface area contributed by atoms with Crippen molar-refractivity contribution >= 4 is 27.5 Å². The molecule has 0 saturated carbocycles. The highest BCUT2D eigenvalue weighted by Crippen LogP contribution is 2.30. The van der Waals surface area contributed by atoms with Crippen LogP contribution in [0, 0.1) is 5.82 Å². The number of hydrogen-bond acceptors (Lipinski definition) is 2. The molecule has 1 N–H and O–H groups in total. The van der Waals surface area contributed by atoms with Gasteiger partial charge in [0.15, 0.2) is 0 Å². The van der Waals surface area contributed by atoms with E-state index >= 15 is 0 Å². The molecule has 0 fully saturated rings. The minimum atomic E-state index is -0.597. The zero-order valence-corrected chi connectivity index (χ0v) is 9.77. The van der Waals surface area contributed by atoms with E-state index < -0.39 is 11.9 Å². The SMILES string of the molecule is C[C@@H](O)COc1cc(F)c(Cl)cc1Br. The normalized spacial score (nSPS) is 12.6. The fourth-order valence-corrected chi connectivity index (χ4v) is 1.58. The predicted octanol–water partition coefficient (Wildman–Crippen LogP) is 3.00. The molecule has 1 atom stereocenters. The van der Waals surface area contributed by atoms with Gasteiger partial charge in [0.1, 0.15) is 18.2 Å². The minimum absolute atomic E-state index is 0.0290. The molecular weight excluding hydrogens is 274 g/mol. The van der Waals surface area contributed by atoms with Crippen LogP contribution in [0.5, 0.6) is 5.75 Å². The van der Waals surface area contributed by atoms with Gasteiger partial charge in [0.2, 0.25) is 0 Å². The Morgan fingerprint density at radius 3 is 2.86 bits per heavy atom. The fourth-order valence-electron chi connectivity index (χ4n) is 0.825. The van der Waals surface area contributed by atoms with E-state index in [1.54, 1.807) is 6.92 Å². The third-order valence-electron chi connectivity index (χ3n) is 1.45. The highest BCUT2D eigenvalue weighted by molar-refractivity contribution is 9.10. The molecule has 0 aliphatic heterocycles. The molecule has 1 rings (SSSR count). The first-order valence-electron chi connectivity index (χ1n) is 3.96. The summed E-state index contributed by atoms with van der Waals surface area (Å²) in [6.07, 6.45) is -0.597. The molecule has 1 aromatic rings. The van der Waals surface area contributed by atoms with Crippen molar-refractivity contribution in [1.82, 2.24) is 0 Å². The Kier molecular flexibility index (Phi) is 4.16. The van der Waals surface area contributed by atoms with Crippen molar-refractivity contribution in [3.05, 3.63) is 27.4 Å². The van der Waals surface area contributed by atoms with Crippen LogP contribution in [0.4, 0.5) is 4.39 Å². The van der Waals surface area contributed by atoms with E-state index in [-0.39, 0.29) is 11.6 Å². The first-order chi connectivity index (χ1) is 6.50. The maximum atomic E-state index is 13.0. The van der Waals surface area contributed by atoms with Crippen molar-refractivity contribution in [3.8, 4) is 5.75 Å². The summed E-state index contributed by atoms with van der Waals surface area (Å²) < 4.78 is 18.7. The van der Waals surface area contributed by atoms with Crippen molar-refractivity contribution in [2.45, 2.75) is 13.0 Å². The van der Waals surface area contributed by atoms with Crippen LogP contribution < -0.4 is 4.74 Å². The summed E-state index contributed by atoms with van der Waals surface area (Å²) in [5.41, 5.74) is 0. The first-order valence-corrected chi connectivity index (χ1v) is 5.13. The third-order valence-corrected chi connectivity index (χ3v) is 2.36. The summed E-state index contributed by atoms with van der Waals surface area (Å²) >= 11 is 8.71. The zero-order chi connectivity index (χ0) is 10.7. The van der Waals surface area contributed by atoms with Crippen LogP contribution in [-0.4, -0.2) is 17.8 Å². The Hall–Kier alpha value is -0.320. The maximum Gasteiger partial charge on any atom is 0.145 e. The lowest BCUT2D eigenvalue weighted by Crippen LogP contribution is -2.13. The Balaban J connectivity index is 2.82. The van der Waals surface area contributed by atoms with Crippen molar-refractivity contribution in [2.75, 3.05) is 6.61 Å². The molecule has 0 bridgehead atoms. The smallest absolute Gasteiger partial charge is 0.145 e. The first kappa shape index (κ1) is 11.8. The van der Waals surface area contributed by atoms with Crippen LogP contribution in [-0.2, 0) is 0 Å². The molecule has 0 heterocycles. The Bertz CT molecular complexity index is 331. The summed E-state index contributed by atoms with van der Waals surface area (Å²) in [6, 6.07) is 2.59. The standard InChI is InChI=1S/C9H9BrClFO2/c1-5(13)4-14-9-3-8(12)7(11)2-6(9)10/h2-3,5,13H,4H2,1H3/t5-/m1/s1. The third kappa shape index (κ3) is 3.12. The average Bonchev–Trinajstić information content (AvgIpc) is 2.09. The Morgan fingerprint density at radius 2 is 2.29 bits per heavy atom. The van der Waals surface area contributed by atoms with Gasteiger partial charge in [-0.05, 0) is 28.9 Å². The van der Waals surface area contributed by atoms with Gasteiger partial charge in [-0.1, -0.05) is 11.6 Å². The van der Waals surface area contributed by atoms with Gasteiger partial charge < -0.3 is 9.84 Å². The van der Waals surface area contributed by atoms with Crippen LogP contribution in [0.3, 0.4) is 0 Å². The van der Waals surface area contributed by atoms with Crippen LogP contribution in [0.1, 0.15) is 6.92 Å². The average molecular weight is 284 g/mol. The second-order valence-electron chi connectivity index (χ2n) is 2.86. The van der Waals surface area contributed by atoms with Gasteiger partial charge >= 0.3 is 0 Å². The number of aliphatic hydroxyl groups excluding tert-OH is 1. The quantitative estimate of drug-likeness (QED) is 0.864. The molecule has 0 unspecified atom stereocenters. The second-order valence-corrected chi connectivity index (χ2v) is 4.12. The number of ether oxygens (including phenoxy) is 1. The number of rotatable bonds is 3. The number of benzene rings is 1. The molecule has 14 heavy (non-hydrogen) atoms. The molecule has 0 saturated heterocycles. The molecule has 1 aromatic carbocycles. The van der Waals surface area contributed by atoms with Crippen molar-refractivity contribution in [3.63, 3.8) is 0 Å². The molecule has 0 amide bonds. The molecule has 0 radical (unpaired) electrons. The highest BCUT2D eigenvalue weighted by atomic mass is 79.9. The van der Waals surface area contributed by atoms with E-state index in [1.807, 2.05) is 0 Å². The number of hydrogen-bond donors (Lipinski definition) is 1. The zero-order valence-electron chi connectivity index (χ0n) is 7.43. The summed E-state index contributed by atoms with van der Waals surface area (Å²) in [5.74, 6) is -0.219. The highest BCUT2D eigenvalue weighted by Gasteiger charge is 2.08. The summed E-state index contributed by atoms with van der Waals surface area (Å²) in [4.78, 5) is 0. The second kappa shape index (κ2) is 4.96. The summed E-state index contributed by atoms with van der Waals surface area (Å²) in [7, 11) is 0. The van der Waals surface area contributed by atoms with E-state index in [4.69, 9.17) is 21.4 Å². The van der Waals surface area contributed by atoms with Crippen LogP contribution in [0.15, 0.2) is 16.6 Å². The monoisotopic (exact) mass is 282 g/mol. The van der Waals surface area contributed by atoms with Gasteiger partial charge in [-0.2, -0.15) is 0 Å². The maximum absolute atomic E-state index is 13.0. The molecular formula is C9H9BrClFO2. The van der Waals surface area contributed by atoms with Crippen LogP contribution in [0.25, 0.3) is 0 Å². The van der Waals surface area contributed by atoms with Crippen LogP contribution >= 0.6 is 27.5 Å². The molecule has 2 nitrogen and oxygen atoms in total. The van der Waals surface area contributed by atoms with Gasteiger partial charge in [-0.25, -0.2) is 4.39 Å². The van der Waals surface area contributed by atoms with E-state index in [2.05, 4.69) is 15.9 Å². The fraction of sp³-hybridized carbons (Fsp3) is 0.333. The predicted molar refractivity (Wildman–Crippen MR) is 56.3 cm³/mol. The molecule has 0 spiro atoms. The minimum Gasteiger partial charge on any atom is -0.490 e. The lowest BCUT2D eigenvalue weighted by atomic mass is 10.3. The van der Waals surface area contributed by atoms with E-state index in [1.165, 1.54) is 12.1 Å². The van der Waals surface area contributed by atoms with E-state index in [0.717, 1.165) is 0 Å². The Labute approximate surface area is 94.8 Å². The van der Waals surface area contributed by atoms with Crippen molar-refractivity contribution in [2.24, 2.45) is 0 Å². The lowest BCUT2D eigenvalue weighted by molar-refractivity contribution is 0.122. The van der Waals surface area contributed by atoms with Gasteiger partial charge in [0.05, 0.1) is 15.6 Å². The van der Waals surface area contributed by atoms with E-state index in [0.29, 0.717) is 10.2 Å². The largest absolute Gasteiger partial charge is 0.490 e. The lowest BCUT2D eigenvalue weighted by Gasteiger charge is -2.10. The van der Waals surface area contributed by atoms with Crippen LogP contribution in [0.2, 0.25) is 5.02 Å². The van der Waals surface area contributed by atoms with Crippen molar-refractivity contribution in [1.29, 1.82) is 0 Å². The molecule has 0 aromatic heterocycles.